The minimum atomic E-state index is -0.582. The van der Waals surface area contributed by atoms with E-state index in [9.17, 15) is 19.7 Å². The average Bonchev–Trinajstić information content (AvgIpc) is 2.93. The quantitative estimate of drug-likeness (QED) is 0.259. The first-order chi connectivity index (χ1) is 10.5. The van der Waals surface area contributed by atoms with E-state index in [1.54, 1.807) is 5.41 Å². The molecule has 1 aromatic rings. The van der Waals surface area contributed by atoms with Crippen molar-refractivity contribution < 1.29 is 19.2 Å². The number of carbonyl (C=O) groups is 2. The number of ether oxygens (including phenoxy) is 1. The minimum absolute atomic E-state index is 0.0106. The summed E-state index contributed by atoms with van der Waals surface area (Å²) in [5.74, 6) is -0.741. The fraction of sp³-hybridized carbons (Fsp3) is 0.231. The second-order valence-electron chi connectivity index (χ2n) is 4.64. The number of benzene rings is 1. The van der Waals surface area contributed by atoms with E-state index in [0.717, 1.165) is 0 Å². The molecule has 2 aliphatic rings. The molecule has 2 heterocycles. The Morgan fingerprint density at radius 2 is 2.09 bits per heavy atom. The number of β-lactam (4-membered cyclic amide) rings is 1. The Kier molecular flexibility index (Phi) is 3.92. The molecule has 7 nitrogen and oxygen atoms in total. The van der Waals surface area contributed by atoms with Gasteiger partial charge in [-0.3, -0.25) is 19.8 Å². The highest BCUT2D eigenvalue weighted by atomic mass is 79.9. The van der Waals surface area contributed by atoms with E-state index in [2.05, 4.69) is 15.9 Å². The summed E-state index contributed by atoms with van der Waals surface area (Å²) in [6, 6.07) is 5.74. The summed E-state index contributed by atoms with van der Waals surface area (Å²) in [5.41, 5.74) is 0.843. The van der Waals surface area contributed by atoms with Crippen LogP contribution in [0.1, 0.15) is 5.56 Å². The molecular formula is C13H9BrN2O5S. The number of hydrogen-bond donors (Lipinski definition) is 0. The van der Waals surface area contributed by atoms with E-state index in [-0.39, 0.29) is 34.1 Å². The van der Waals surface area contributed by atoms with Gasteiger partial charge in [0, 0.05) is 17.5 Å². The molecule has 0 N–H and O–H groups in total. The molecule has 0 radical (unpaired) electrons. The minimum Gasteiger partial charge on any atom is -0.456 e. The standard InChI is InChI=1S/C13H9BrN2O5S/c14-10-11(17)15-9(6-22-12(10)15)13(18)21-5-7-1-3-8(4-2-7)16(19)20/h1-4,6,10,12H,5H2. The van der Waals surface area contributed by atoms with Crippen molar-refractivity contribution in [1.29, 1.82) is 0 Å². The molecule has 0 spiro atoms. The number of thioether (sulfide) groups is 1. The van der Waals surface area contributed by atoms with Gasteiger partial charge in [0.25, 0.3) is 5.69 Å². The van der Waals surface area contributed by atoms with Crippen LogP contribution in [0.25, 0.3) is 0 Å². The molecule has 1 aromatic carbocycles. The lowest BCUT2D eigenvalue weighted by Crippen LogP contribution is -2.58. The average molecular weight is 385 g/mol. The lowest BCUT2D eigenvalue weighted by molar-refractivity contribution is -0.384. The zero-order valence-corrected chi connectivity index (χ0v) is 13.4. The summed E-state index contributed by atoms with van der Waals surface area (Å²) in [5, 5.41) is 12.1. The van der Waals surface area contributed by atoms with Gasteiger partial charge in [0.05, 0.1) is 4.92 Å². The van der Waals surface area contributed by atoms with Crippen molar-refractivity contribution in [2.45, 2.75) is 16.8 Å². The number of carbonyl (C=O) groups excluding carboxylic acids is 2. The Morgan fingerprint density at radius 3 is 2.73 bits per heavy atom. The van der Waals surface area contributed by atoms with Gasteiger partial charge in [-0.25, -0.2) is 4.79 Å². The van der Waals surface area contributed by atoms with E-state index in [1.165, 1.54) is 40.9 Å². The molecule has 22 heavy (non-hydrogen) atoms. The van der Waals surface area contributed by atoms with Gasteiger partial charge >= 0.3 is 5.97 Å². The number of nitrogens with zero attached hydrogens (tertiary/aromatic N) is 2. The van der Waals surface area contributed by atoms with E-state index in [1.807, 2.05) is 0 Å². The maximum atomic E-state index is 12.0. The lowest BCUT2D eigenvalue weighted by atomic mass is 10.2. The second kappa shape index (κ2) is 5.73. The number of esters is 1. The molecule has 1 saturated heterocycles. The topological polar surface area (TPSA) is 89.7 Å². The molecule has 0 bridgehead atoms. The first kappa shape index (κ1) is 15.0. The van der Waals surface area contributed by atoms with Crippen LogP contribution in [0.15, 0.2) is 35.4 Å². The zero-order chi connectivity index (χ0) is 15.9. The van der Waals surface area contributed by atoms with Gasteiger partial charge in [0.15, 0.2) is 0 Å². The van der Waals surface area contributed by atoms with Gasteiger partial charge in [-0.15, -0.1) is 11.8 Å². The van der Waals surface area contributed by atoms with E-state index >= 15 is 0 Å². The Hall–Kier alpha value is -1.87. The Bertz CT molecular complexity index is 690. The number of halogens is 1. The van der Waals surface area contributed by atoms with Gasteiger partial charge in [-0.1, -0.05) is 15.9 Å². The van der Waals surface area contributed by atoms with Crippen molar-refractivity contribution in [1.82, 2.24) is 4.90 Å². The van der Waals surface area contributed by atoms with Crippen LogP contribution in [-0.2, 0) is 20.9 Å². The van der Waals surface area contributed by atoms with Gasteiger partial charge in [-0.2, -0.15) is 0 Å². The maximum absolute atomic E-state index is 12.0. The number of fused-ring (bicyclic) bond motifs is 1. The fourth-order valence-corrected chi connectivity index (χ4v) is 3.99. The smallest absolute Gasteiger partial charge is 0.355 e. The largest absolute Gasteiger partial charge is 0.456 e. The van der Waals surface area contributed by atoms with Crippen LogP contribution < -0.4 is 0 Å². The SMILES string of the molecule is O=C(OCc1ccc([N+](=O)[O-])cc1)C1=CSC2C(Br)C(=O)N12. The van der Waals surface area contributed by atoms with Crippen LogP contribution >= 0.6 is 27.7 Å². The van der Waals surface area contributed by atoms with Gasteiger partial charge in [0.1, 0.15) is 22.5 Å². The summed E-state index contributed by atoms with van der Waals surface area (Å²) < 4.78 is 5.15. The van der Waals surface area contributed by atoms with Crippen molar-refractivity contribution in [2.75, 3.05) is 0 Å². The Balaban J connectivity index is 1.59. The second-order valence-corrected chi connectivity index (χ2v) is 6.62. The van der Waals surface area contributed by atoms with Crippen LogP contribution in [0.2, 0.25) is 0 Å². The van der Waals surface area contributed by atoms with Crippen molar-refractivity contribution in [3.05, 3.63) is 51.0 Å². The molecule has 1 amide bonds. The van der Waals surface area contributed by atoms with Crippen LogP contribution in [-0.4, -0.2) is 31.9 Å². The summed E-state index contributed by atoms with van der Waals surface area (Å²) in [6.45, 7) is -0.0106. The Labute approximate surface area is 137 Å². The molecule has 0 aromatic heterocycles. The molecule has 1 fully saturated rings. The van der Waals surface area contributed by atoms with E-state index in [4.69, 9.17) is 4.74 Å². The molecular weight excluding hydrogens is 376 g/mol. The van der Waals surface area contributed by atoms with Crippen molar-refractivity contribution in [2.24, 2.45) is 0 Å². The number of nitro groups is 1. The van der Waals surface area contributed by atoms with Crippen LogP contribution in [0.3, 0.4) is 0 Å². The van der Waals surface area contributed by atoms with Gasteiger partial charge in [-0.05, 0) is 17.7 Å². The Morgan fingerprint density at radius 1 is 1.41 bits per heavy atom. The molecule has 3 rings (SSSR count). The van der Waals surface area contributed by atoms with Gasteiger partial charge in [0.2, 0.25) is 5.91 Å². The van der Waals surface area contributed by atoms with Crippen molar-refractivity contribution >= 4 is 45.3 Å². The zero-order valence-electron chi connectivity index (χ0n) is 11.0. The number of nitro benzene ring substituents is 1. The lowest BCUT2D eigenvalue weighted by Gasteiger charge is -2.39. The van der Waals surface area contributed by atoms with Gasteiger partial charge < -0.3 is 4.74 Å². The van der Waals surface area contributed by atoms with E-state index < -0.39 is 10.9 Å². The molecule has 2 unspecified atom stereocenters. The predicted octanol–water partition coefficient (Wildman–Crippen LogP) is 2.16. The molecule has 9 heteroatoms. The summed E-state index contributed by atoms with van der Waals surface area (Å²) >= 11 is 4.64. The molecule has 2 atom stereocenters. The number of amides is 1. The fourth-order valence-electron chi connectivity index (χ4n) is 2.09. The van der Waals surface area contributed by atoms with E-state index in [0.29, 0.717) is 5.56 Å². The summed E-state index contributed by atoms with van der Waals surface area (Å²) in [7, 11) is 0. The molecule has 2 aliphatic heterocycles. The predicted molar refractivity (Wildman–Crippen MR) is 81.9 cm³/mol. The highest BCUT2D eigenvalue weighted by molar-refractivity contribution is 9.10. The summed E-state index contributed by atoms with van der Waals surface area (Å²) in [4.78, 5) is 34.9. The third-order valence-corrected chi connectivity index (χ3v) is 5.65. The maximum Gasteiger partial charge on any atom is 0.355 e. The number of rotatable bonds is 4. The first-order valence-corrected chi connectivity index (χ1v) is 8.08. The van der Waals surface area contributed by atoms with Crippen molar-refractivity contribution in [3.63, 3.8) is 0 Å². The van der Waals surface area contributed by atoms with Crippen molar-refractivity contribution in [3.8, 4) is 0 Å². The first-order valence-electron chi connectivity index (χ1n) is 6.22. The molecule has 0 aliphatic carbocycles. The monoisotopic (exact) mass is 384 g/mol. The van der Waals surface area contributed by atoms with Crippen LogP contribution in [0, 0.1) is 10.1 Å². The number of alkyl halides is 1. The number of hydrogen-bond acceptors (Lipinski definition) is 6. The third kappa shape index (κ3) is 2.50. The number of non-ortho nitro benzene ring substituents is 1. The summed E-state index contributed by atoms with van der Waals surface area (Å²) in [6.07, 6.45) is 0. The molecule has 0 saturated carbocycles. The highest BCUT2D eigenvalue weighted by Crippen LogP contribution is 2.44. The third-order valence-electron chi connectivity index (χ3n) is 3.28. The molecule has 114 valence electrons. The highest BCUT2D eigenvalue weighted by Gasteiger charge is 2.52. The van der Waals surface area contributed by atoms with Crippen LogP contribution in [0.5, 0.6) is 0 Å². The van der Waals surface area contributed by atoms with Crippen LogP contribution in [0.4, 0.5) is 5.69 Å². The normalized spacial score (nSPS) is 22.7.